The fourth-order valence-corrected chi connectivity index (χ4v) is 2.01. The Hall–Kier alpha value is -1.06. The molecule has 0 fully saturated rings. The van der Waals surface area contributed by atoms with Crippen LogP contribution < -0.4 is 10.1 Å². The van der Waals surface area contributed by atoms with Gasteiger partial charge in [-0.1, -0.05) is 19.1 Å². The van der Waals surface area contributed by atoms with Crippen molar-refractivity contribution in [1.29, 1.82) is 0 Å². The van der Waals surface area contributed by atoms with E-state index in [0.717, 1.165) is 25.3 Å². The van der Waals surface area contributed by atoms with Crippen LogP contribution in [0.25, 0.3) is 0 Å². The molecule has 0 aliphatic heterocycles. The van der Waals surface area contributed by atoms with Crippen molar-refractivity contribution in [3.8, 4) is 5.75 Å². The lowest BCUT2D eigenvalue weighted by Gasteiger charge is -2.14. The molecule has 0 aromatic heterocycles. The van der Waals surface area contributed by atoms with Crippen molar-refractivity contribution in [2.45, 2.75) is 33.7 Å². The van der Waals surface area contributed by atoms with Crippen LogP contribution in [-0.2, 0) is 11.3 Å². The van der Waals surface area contributed by atoms with Crippen LogP contribution in [0.3, 0.4) is 0 Å². The maximum absolute atomic E-state index is 5.74. The number of rotatable bonds is 8. The third-order valence-electron chi connectivity index (χ3n) is 2.81. The zero-order valence-corrected chi connectivity index (χ0v) is 12.0. The summed E-state index contributed by atoms with van der Waals surface area (Å²) < 4.78 is 10.7. The molecule has 0 radical (unpaired) electrons. The summed E-state index contributed by atoms with van der Waals surface area (Å²) in [7, 11) is 1.69. The molecule has 0 saturated carbocycles. The summed E-state index contributed by atoms with van der Waals surface area (Å²) in [5.41, 5.74) is 3.70. The van der Waals surface area contributed by atoms with E-state index in [2.05, 4.69) is 38.2 Å². The van der Waals surface area contributed by atoms with Gasteiger partial charge in [-0.3, -0.25) is 0 Å². The molecule has 0 bridgehead atoms. The summed E-state index contributed by atoms with van der Waals surface area (Å²) >= 11 is 0. The molecule has 0 atom stereocenters. The van der Waals surface area contributed by atoms with Crippen LogP contribution in [0.4, 0.5) is 0 Å². The largest absolute Gasteiger partial charge is 0.491 e. The lowest BCUT2D eigenvalue weighted by Crippen LogP contribution is -2.14. The highest BCUT2D eigenvalue weighted by Crippen LogP contribution is 2.24. The zero-order valence-electron chi connectivity index (χ0n) is 12.0. The van der Waals surface area contributed by atoms with Crippen molar-refractivity contribution in [3.63, 3.8) is 0 Å². The molecule has 0 heterocycles. The molecular weight excluding hydrogens is 226 g/mol. The molecule has 0 spiro atoms. The van der Waals surface area contributed by atoms with Crippen LogP contribution in [0.5, 0.6) is 5.75 Å². The molecule has 1 N–H and O–H groups in total. The Morgan fingerprint density at radius 3 is 2.33 bits per heavy atom. The minimum Gasteiger partial charge on any atom is -0.491 e. The molecule has 0 saturated heterocycles. The molecule has 18 heavy (non-hydrogen) atoms. The van der Waals surface area contributed by atoms with Gasteiger partial charge >= 0.3 is 0 Å². The van der Waals surface area contributed by atoms with Crippen LogP contribution in [0.15, 0.2) is 12.1 Å². The molecule has 0 aliphatic carbocycles. The first-order valence-corrected chi connectivity index (χ1v) is 6.61. The zero-order chi connectivity index (χ0) is 13.4. The monoisotopic (exact) mass is 251 g/mol. The molecular formula is C15H25NO2. The van der Waals surface area contributed by atoms with Gasteiger partial charge in [0, 0.05) is 13.7 Å². The second kappa shape index (κ2) is 8.11. The summed E-state index contributed by atoms with van der Waals surface area (Å²) in [4.78, 5) is 0. The van der Waals surface area contributed by atoms with Crippen molar-refractivity contribution in [3.05, 3.63) is 28.8 Å². The molecule has 1 aromatic carbocycles. The number of nitrogens with one attached hydrogen (secondary N) is 1. The minimum atomic E-state index is 0.603. The van der Waals surface area contributed by atoms with E-state index >= 15 is 0 Å². The maximum Gasteiger partial charge on any atom is 0.125 e. The highest BCUT2D eigenvalue weighted by atomic mass is 16.5. The first-order valence-electron chi connectivity index (χ1n) is 6.61. The number of ether oxygens (including phenoxy) is 2. The average molecular weight is 251 g/mol. The van der Waals surface area contributed by atoms with E-state index < -0.39 is 0 Å². The highest BCUT2D eigenvalue weighted by molar-refractivity contribution is 5.43. The fraction of sp³-hybridized carbons (Fsp3) is 0.600. The van der Waals surface area contributed by atoms with E-state index in [9.17, 15) is 0 Å². The summed E-state index contributed by atoms with van der Waals surface area (Å²) in [5.74, 6) is 0.992. The molecule has 0 amide bonds. The number of hydrogen-bond donors (Lipinski definition) is 1. The Labute approximate surface area is 110 Å². The number of benzene rings is 1. The Morgan fingerprint density at radius 2 is 1.78 bits per heavy atom. The predicted molar refractivity (Wildman–Crippen MR) is 75.3 cm³/mol. The second-order valence-electron chi connectivity index (χ2n) is 4.58. The van der Waals surface area contributed by atoms with E-state index in [4.69, 9.17) is 9.47 Å². The van der Waals surface area contributed by atoms with Crippen molar-refractivity contribution >= 4 is 0 Å². The van der Waals surface area contributed by atoms with Gasteiger partial charge in [0.1, 0.15) is 12.4 Å². The van der Waals surface area contributed by atoms with Gasteiger partial charge in [0.25, 0.3) is 0 Å². The Kier molecular flexibility index (Phi) is 6.76. The predicted octanol–water partition coefficient (Wildman–Crippen LogP) is 2.83. The number of aryl methyl sites for hydroxylation is 2. The molecule has 102 valence electrons. The van der Waals surface area contributed by atoms with Gasteiger partial charge in [0.15, 0.2) is 0 Å². The van der Waals surface area contributed by atoms with Crippen molar-refractivity contribution in [1.82, 2.24) is 5.32 Å². The summed E-state index contributed by atoms with van der Waals surface area (Å²) in [6, 6.07) is 4.38. The Morgan fingerprint density at radius 1 is 1.11 bits per heavy atom. The van der Waals surface area contributed by atoms with Crippen LogP contribution in [0, 0.1) is 13.8 Å². The van der Waals surface area contributed by atoms with Gasteiger partial charge in [0.05, 0.1) is 6.61 Å². The standard InChI is InChI=1S/C15H25NO2/c1-5-6-16-11-14-9-12(2)15(13(3)10-14)18-8-7-17-4/h9-10,16H,5-8,11H2,1-4H3. The second-order valence-corrected chi connectivity index (χ2v) is 4.58. The van der Waals surface area contributed by atoms with Crippen LogP contribution in [0.1, 0.15) is 30.0 Å². The highest BCUT2D eigenvalue weighted by Gasteiger charge is 2.06. The van der Waals surface area contributed by atoms with Gasteiger partial charge in [-0.2, -0.15) is 0 Å². The molecule has 1 rings (SSSR count). The quantitative estimate of drug-likeness (QED) is 0.721. The van der Waals surface area contributed by atoms with Crippen molar-refractivity contribution in [2.75, 3.05) is 26.9 Å². The van der Waals surface area contributed by atoms with Gasteiger partial charge in [-0.05, 0) is 43.5 Å². The SMILES string of the molecule is CCCNCc1cc(C)c(OCCOC)c(C)c1. The molecule has 1 aromatic rings. The normalized spacial score (nSPS) is 10.7. The topological polar surface area (TPSA) is 30.5 Å². The third kappa shape index (κ3) is 4.67. The first kappa shape index (κ1) is 15.0. The summed E-state index contributed by atoms with van der Waals surface area (Å²) in [6.07, 6.45) is 1.16. The first-order chi connectivity index (χ1) is 8.69. The van der Waals surface area contributed by atoms with Crippen LogP contribution >= 0.6 is 0 Å². The Balaban J connectivity index is 2.65. The molecule has 3 nitrogen and oxygen atoms in total. The summed E-state index contributed by atoms with van der Waals surface area (Å²) in [6.45, 7) is 9.58. The number of methoxy groups -OCH3 is 1. The fourth-order valence-electron chi connectivity index (χ4n) is 2.01. The van der Waals surface area contributed by atoms with E-state index in [0.29, 0.717) is 13.2 Å². The van der Waals surface area contributed by atoms with E-state index in [1.54, 1.807) is 7.11 Å². The lowest BCUT2D eigenvalue weighted by molar-refractivity contribution is 0.145. The summed E-state index contributed by atoms with van der Waals surface area (Å²) in [5, 5.41) is 3.42. The van der Waals surface area contributed by atoms with Gasteiger partial charge < -0.3 is 14.8 Å². The van der Waals surface area contributed by atoms with Crippen molar-refractivity contribution in [2.24, 2.45) is 0 Å². The van der Waals surface area contributed by atoms with Gasteiger partial charge in [-0.25, -0.2) is 0 Å². The Bertz CT molecular complexity index is 341. The number of hydrogen-bond acceptors (Lipinski definition) is 3. The third-order valence-corrected chi connectivity index (χ3v) is 2.81. The van der Waals surface area contributed by atoms with E-state index in [1.807, 2.05) is 0 Å². The van der Waals surface area contributed by atoms with E-state index in [-0.39, 0.29) is 0 Å². The smallest absolute Gasteiger partial charge is 0.125 e. The van der Waals surface area contributed by atoms with Crippen LogP contribution in [-0.4, -0.2) is 26.9 Å². The van der Waals surface area contributed by atoms with Gasteiger partial charge in [-0.15, -0.1) is 0 Å². The molecule has 0 unspecified atom stereocenters. The van der Waals surface area contributed by atoms with Crippen molar-refractivity contribution < 1.29 is 9.47 Å². The van der Waals surface area contributed by atoms with E-state index in [1.165, 1.54) is 16.7 Å². The lowest BCUT2D eigenvalue weighted by atomic mass is 10.1. The molecule has 0 aliphatic rings. The maximum atomic E-state index is 5.74. The average Bonchev–Trinajstić information content (AvgIpc) is 2.33. The minimum absolute atomic E-state index is 0.603. The molecule has 3 heteroatoms. The van der Waals surface area contributed by atoms with Gasteiger partial charge in [0.2, 0.25) is 0 Å². The van der Waals surface area contributed by atoms with Crippen LogP contribution in [0.2, 0.25) is 0 Å².